The van der Waals surface area contributed by atoms with Crippen LogP contribution in [0.5, 0.6) is 5.75 Å². The van der Waals surface area contributed by atoms with Gasteiger partial charge in [0.25, 0.3) is 0 Å². The highest BCUT2D eigenvalue weighted by atomic mass is 16.5. The first-order valence-corrected chi connectivity index (χ1v) is 7.40. The van der Waals surface area contributed by atoms with Crippen molar-refractivity contribution >= 4 is 5.97 Å². The minimum Gasteiger partial charge on any atom is -0.496 e. The number of ether oxygens (including phenoxy) is 1. The molecular formula is C17H24O3. The number of carboxylic acids is 1. The summed E-state index contributed by atoms with van der Waals surface area (Å²) in [5.74, 6) is 0.252. The summed E-state index contributed by atoms with van der Waals surface area (Å²) in [6.45, 7) is 2.07. The number of aryl methyl sites for hydroxylation is 2. The van der Waals surface area contributed by atoms with Crippen molar-refractivity contribution in [3.8, 4) is 5.75 Å². The Morgan fingerprint density at radius 1 is 1.35 bits per heavy atom. The highest BCUT2D eigenvalue weighted by Gasteiger charge is 2.35. The summed E-state index contributed by atoms with van der Waals surface area (Å²) in [6, 6.07) is 6.20. The summed E-state index contributed by atoms with van der Waals surface area (Å²) in [5, 5.41) is 9.16. The first kappa shape index (κ1) is 14.9. The second-order valence-corrected chi connectivity index (χ2v) is 6.09. The molecule has 0 heterocycles. The van der Waals surface area contributed by atoms with E-state index in [1.54, 1.807) is 7.11 Å². The van der Waals surface area contributed by atoms with E-state index in [0.717, 1.165) is 44.3 Å². The summed E-state index contributed by atoms with van der Waals surface area (Å²) < 4.78 is 5.41. The molecule has 1 aliphatic carbocycles. The number of carboxylic acid groups (broad SMARTS) is 1. The third kappa shape index (κ3) is 3.53. The van der Waals surface area contributed by atoms with E-state index in [1.807, 2.05) is 12.1 Å². The Morgan fingerprint density at radius 2 is 2.05 bits per heavy atom. The fourth-order valence-electron chi connectivity index (χ4n) is 3.46. The maximum Gasteiger partial charge on any atom is 0.303 e. The Morgan fingerprint density at radius 3 is 2.65 bits per heavy atom. The Labute approximate surface area is 121 Å². The summed E-state index contributed by atoms with van der Waals surface area (Å²) in [5.41, 5.74) is 2.42. The van der Waals surface area contributed by atoms with Crippen LogP contribution in [0.3, 0.4) is 0 Å². The molecule has 0 spiro atoms. The van der Waals surface area contributed by atoms with Crippen molar-refractivity contribution in [3.05, 3.63) is 29.3 Å². The molecule has 1 N–H and O–H groups in total. The fraction of sp³-hybridized carbons (Fsp3) is 0.588. The summed E-state index contributed by atoms with van der Waals surface area (Å²) in [6.07, 6.45) is 6.58. The molecule has 2 rings (SSSR count). The Bertz CT molecular complexity index is 473. The predicted molar refractivity (Wildman–Crippen MR) is 79.2 cm³/mol. The van der Waals surface area contributed by atoms with Crippen molar-refractivity contribution in [1.82, 2.24) is 0 Å². The molecule has 1 fully saturated rings. The zero-order valence-electron chi connectivity index (χ0n) is 12.4. The third-order valence-corrected chi connectivity index (χ3v) is 4.55. The van der Waals surface area contributed by atoms with Crippen molar-refractivity contribution < 1.29 is 14.6 Å². The molecule has 1 aromatic carbocycles. The van der Waals surface area contributed by atoms with Gasteiger partial charge in [-0.15, -0.1) is 0 Å². The van der Waals surface area contributed by atoms with Gasteiger partial charge in [-0.1, -0.05) is 30.5 Å². The van der Waals surface area contributed by atoms with E-state index in [0.29, 0.717) is 6.42 Å². The molecule has 0 bridgehead atoms. The minimum absolute atomic E-state index is 0.000586. The molecule has 0 amide bonds. The molecule has 0 aromatic heterocycles. The van der Waals surface area contributed by atoms with Crippen LogP contribution >= 0.6 is 0 Å². The van der Waals surface area contributed by atoms with Crippen LogP contribution in [0.2, 0.25) is 0 Å². The van der Waals surface area contributed by atoms with E-state index in [1.165, 1.54) is 11.1 Å². The Hall–Kier alpha value is -1.51. The fourth-order valence-corrected chi connectivity index (χ4v) is 3.46. The smallest absolute Gasteiger partial charge is 0.303 e. The van der Waals surface area contributed by atoms with E-state index in [-0.39, 0.29) is 5.41 Å². The molecular weight excluding hydrogens is 252 g/mol. The molecule has 110 valence electrons. The van der Waals surface area contributed by atoms with E-state index in [9.17, 15) is 4.79 Å². The van der Waals surface area contributed by atoms with Crippen molar-refractivity contribution in [2.45, 2.75) is 51.9 Å². The van der Waals surface area contributed by atoms with Crippen LogP contribution in [-0.4, -0.2) is 18.2 Å². The van der Waals surface area contributed by atoms with Gasteiger partial charge < -0.3 is 9.84 Å². The zero-order chi connectivity index (χ0) is 14.6. The largest absolute Gasteiger partial charge is 0.496 e. The second kappa shape index (κ2) is 6.29. The van der Waals surface area contributed by atoms with Gasteiger partial charge in [0, 0.05) is 0 Å². The van der Waals surface area contributed by atoms with Gasteiger partial charge in [0.15, 0.2) is 0 Å². The maximum absolute atomic E-state index is 11.1. The van der Waals surface area contributed by atoms with Crippen LogP contribution < -0.4 is 4.74 Å². The van der Waals surface area contributed by atoms with Gasteiger partial charge in [0.2, 0.25) is 0 Å². The Balaban J connectivity index is 2.09. The molecule has 0 aliphatic heterocycles. The monoisotopic (exact) mass is 276 g/mol. The lowest BCUT2D eigenvalue weighted by atomic mass is 9.77. The summed E-state index contributed by atoms with van der Waals surface area (Å²) >= 11 is 0. The molecule has 1 saturated carbocycles. The number of methoxy groups -OCH3 is 1. The van der Waals surface area contributed by atoms with E-state index >= 15 is 0 Å². The van der Waals surface area contributed by atoms with Gasteiger partial charge in [-0.2, -0.15) is 0 Å². The van der Waals surface area contributed by atoms with Crippen LogP contribution in [0, 0.1) is 12.3 Å². The summed E-state index contributed by atoms with van der Waals surface area (Å²) in [4.78, 5) is 11.1. The zero-order valence-corrected chi connectivity index (χ0v) is 12.4. The molecule has 3 heteroatoms. The summed E-state index contributed by atoms with van der Waals surface area (Å²) in [7, 11) is 1.69. The first-order valence-electron chi connectivity index (χ1n) is 7.40. The van der Waals surface area contributed by atoms with E-state index < -0.39 is 5.97 Å². The first-order chi connectivity index (χ1) is 9.54. The highest BCUT2D eigenvalue weighted by molar-refractivity contribution is 5.67. The van der Waals surface area contributed by atoms with Crippen LogP contribution in [0.15, 0.2) is 18.2 Å². The predicted octanol–water partition coefficient (Wildman–Crippen LogP) is 3.97. The average Bonchev–Trinajstić information content (AvgIpc) is 2.84. The van der Waals surface area contributed by atoms with Crippen LogP contribution in [-0.2, 0) is 11.2 Å². The molecule has 0 saturated heterocycles. The molecule has 20 heavy (non-hydrogen) atoms. The third-order valence-electron chi connectivity index (χ3n) is 4.55. The normalized spacial score (nSPS) is 17.1. The van der Waals surface area contributed by atoms with E-state index in [4.69, 9.17) is 9.84 Å². The number of hydrogen-bond donors (Lipinski definition) is 1. The van der Waals surface area contributed by atoms with Gasteiger partial charge in [-0.25, -0.2) is 0 Å². The van der Waals surface area contributed by atoms with Gasteiger partial charge in [0.1, 0.15) is 5.75 Å². The van der Waals surface area contributed by atoms with E-state index in [2.05, 4.69) is 13.0 Å². The molecule has 1 aromatic rings. The standard InChI is InChI=1S/C17H24O3/c1-13-5-6-15(20-2)14(11-13)7-10-17(12-16(18)19)8-3-4-9-17/h5-6,11H,3-4,7-10,12H2,1-2H3,(H,18,19). The quantitative estimate of drug-likeness (QED) is 0.855. The highest BCUT2D eigenvalue weighted by Crippen LogP contribution is 2.45. The second-order valence-electron chi connectivity index (χ2n) is 6.09. The van der Waals surface area contributed by atoms with Crippen LogP contribution in [0.1, 0.15) is 49.7 Å². The lowest BCUT2D eigenvalue weighted by Gasteiger charge is -2.27. The van der Waals surface area contributed by atoms with Crippen LogP contribution in [0.4, 0.5) is 0 Å². The number of hydrogen-bond acceptors (Lipinski definition) is 2. The molecule has 1 aliphatic rings. The SMILES string of the molecule is COc1ccc(C)cc1CCC1(CC(=O)O)CCCC1. The maximum atomic E-state index is 11.1. The van der Waals surface area contributed by atoms with Gasteiger partial charge in [-0.05, 0) is 49.7 Å². The van der Waals surface area contributed by atoms with Crippen molar-refractivity contribution in [1.29, 1.82) is 0 Å². The van der Waals surface area contributed by atoms with Gasteiger partial charge in [0.05, 0.1) is 13.5 Å². The average molecular weight is 276 g/mol. The number of rotatable bonds is 6. The number of aliphatic carboxylic acids is 1. The van der Waals surface area contributed by atoms with Crippen molar-refractivity contribution in [3.63, 3.8) is 0 Å². The molecule has 3 nitrogen and oxygen atoms in total. The van der Waals surface area contributed by atoms with Crippen molar-refractivity contribution in [2.75, 3.05) is 7.11 Å². The minimum atomic E-state index is -0.664. The number of carbonyl (C=O) groups is 1. The topological polar surface area (TPSA) is 46.5 Å². The van der Waals surface area contributed by atoms with Crippen LogP contribution in [0.25, 0.3) is 0 Å². The molecule has 0 unspecified atom stereocenters. The lowest BCUT2D eigenvalue weighted by Crippen LogP contribution is -2.22. The van der Waals surface area contributed by atoms with Gasteiger partial charge >= 0.3 is 5.97 Å². The molecule has 0 radical (unpaired) electrons. The number of benzene rings is 1. The van der Waals surface area contributed by atoms with Gasteiger partial charge in [-0.3, -0.25) is 4.79 Å². The molecule has 0 atom stereocenters. The Kier molecular flexibility index (Phi) is 4.69. The lowest BCUT2D eigenvalue weighted by molar-refractivity contribution is -0.139. The van der Waals surface area contributed by atoms with Crippen molar-refractivity contribution in [2.24, 2.45) is 5.41 Å².